The third-order valence-corrected chi connectivity index (χ3v) is 5.26. The maximum absolute atomic E-state index is 12.4. The molecular weight excluding hydrogens is 324 g/mol. The fourth-order valence-corrected chi connectivity index (χ4v) is 3.26. The summed E-state index contributed by atoms with van der Waals surface area (Å²) >= 11 is 1.45. The molecule has 7 heteroatoms. The van der Waals surface area contributed by atoms with Crippen molar-refractivity contribution in [1.82, 2.24) is 20.1 Å². The molecule has 2 heterocycles. The average Bonchev–Trinajstić information content (AvgIpc) is 3.09. The molecule has 0 spiro atoms. The molecule has 0 bridgehead atoms. The second kappa shape index (κ2) is 7.44. The normalized spacial score (nSPS) is 11.8. The predicted octanol–water partition coefficient (Wildman–Crippen LogP) is 2.83. The maximum Gasteiger partial charge on any atom is 0.263 e. The Morgan fingerprint density at radius 3 is 2.67 bits per heavy atom. The fourth-order valence-electron chi connectivity index (χ4n) is 2.37. The number of aryl methyl sites for hydroxylation is 1. The van der Waals surface area contributed by atoms with Crippen molar-refractivity contribution >= 4 is 17.2 Å². The quantitative estimate of drug-likeness (QED) is 0.870. The molecule has 0 radical (unpaired) electrons. The van der Waals surface area contributed by atoms with Gasteiger partial charge in [-0.15, -0.1) is 11.3 Å². The molecule has 0 atom stereocenters. The van der Waals surface area contributed by atoms with Gasteiger partial charge in [-0.1, -0.05) is 20.8 Å². The van der Waals surface area contributed by atoms with Crippen LogP contribution in [0.1, 0.15) is 52.4 Å². The number of hydrogen-bond acceptors (Lipinski definition) is 5. The first kappa shape index (κ1) is 18.6. The van der Waals surface area contributed by atoms with Crippen molar-refractivity contribution in [2.75, 3.05) is 13.7 Å². The van der Waals surface area contributed by atoms with E-state index in [1.165, 1.54) is 11.3 Å². The summed E-state index contributed by atoms with van der Waals surface area (Å²) in [4.78, 5) is 17.4. The summed E-state index contributed by atoms with van der Waals surface area (Å²) in [5, 5.41) is 8.45. The molecule has 1 amide bonds. The number of nitrogens with one attached hydrogen (secondary N) is 1. The summed E-state index contributed by atoms with van der Waals surface area (Å²) in [5.41, 5.74) is 3.01. The van der Waals surface area contributed by atoms with Crippen molar-refractivity contribution in [1.29, 1.82) is 0 Å². The molecule has 1 N–H and O–H groups in total. The number of carbonyl (C=O) groups excluding carboxylic acids is 1. The molecule has 0 saturated heterocycles. The third-order valence-electron chi connectivity index (χ3n) is 3.84. The molecule has 0 unspecified atom stereocenters. The first-order valence-corrected chi connectivity index (χ1v) is 8.82. The Balaban J connectivity index is 2.04. The first-order chi connectivity index (χ1) is 11.2. The number of amides is 1. The van der Waals surface area contributed by atoms with Gasteiger partial charge in [0.15, 0.2) is 0 Å². The van der Waals surface area contributed by atoms with Crippen LogP contribution in [0.2, 0.25) is 0 Å². The molecule has 0 saturated carbocycles. The molecule has 0 aliphatic rings. The lowest BCUT2D eigenvalue weighted by Crippen LogP contribution is -2.22. The zero-order valence-electron chi connectivity index (χ0n) is 15.3. The Bertz CT molecular complexity index is 713. The van der Waals surface area contributed by atoms with Gasteiger partial charge in [0.1, 0.15) is 4.88 Å². The van der Waals surface area contributed by atoms with Gasteiger partial charge in [-0.25, -0.2) is 4.98 Å². The van der Waals surface area contributed by atoms with Gasteiger partial charge in [-0.2, -0.15) is 5.10 Å². The summed E-state index contributed by atoms with van der Waals surface area (Å²) in [7, 11) is 1.67. The molecule has 0 aliphatic heterocycles. The van der Waals surface area contributed by atoms with Gasteiger partial charge in [-0.05, 0) is 13.8 Å². The predicted molar refractivity (Wildman–Crippen MR) is 95.6 cm³/mol. The molecular formula is C17H26N4O2S. The molecule has 0 aromatic carbocycles. The van der Waals surface area contributed by atoms with E-state index in [9.17, 15) is 4.79 Å². The van der Waals surface area contributed by atoms with Gasteiger partial charge < -0.3 is 10.1 Å². The molecule has 0 aliphatic carbocycles. The van der Waals surface area contributed by atoms with E-state index in [4.69, 9.17) is 4.74 Å². The first-order valence-electron chi connectivity index (χ1n) is 8.00. The summed E-state index contributed by atoms with van der Waals surface area (Å²) in [6, 6.07) is 0. The Hall–Kier alpha value is -1.73. The van der Waals surface area contributed by atoms with Gasteiger partial charge in [0.2, 0.25) is 0 Å². The van der Waals surface area contributed by atoms with Gasteiger partial charge >= 0.3 is 0 Å². The van der Waals surface area contributed by atoms with Crippen molar-refractivity contribution in [3.63, 3.8) is 0 Å². The van der Waals surface area contributed by atoms with Crippen LogP contribution in [0.25, 0.3) is 0 Å². The summed E-state index contributed by atoms with van der Waals surface area (Å²) in [6.07, 6.45) is 1.66. The van der Waals surface area contributed by atoms with Crippen LogP contribution in [0.4, 0.5) is 0 Å². The van der Waals surface area contributed by atoms with E-state index < -0.39 is 0 Å². The molecule has 6 nitrogen and oxygen atoms in total. The van der Waals surface area contributed by atoms with Crippen molar-refractivity contribution < 1.29 is 9.53 Å². The summed E-state index contributed by atoms with van der Waals surface area (Å²) in [6.45, 7) is 12.0. The van der Waals surface area contributed by atoms with Gasteiger partial charge in [-0.3, -0.25) is 9.48 Å². The third kappa shape index (κ3) is 4.21. The minimum absolute atomic E-state index is 0.0428. The molecule has 2 rings (SSSR count). The van der Waals surface area contributed by atoms with E-state index in [0.29, 0.717) is 24.6 Å². The number of aromatic nitrogens is 3. The van der Waals surface area contributed by atoms with E-state index in [0.717, 1.165) is 22.0 Å². The van der Waals surface area contributed by atoms with Crippen molar-refractivity contribution in [2.24, 2.45) is 0 Å². The van der Waals surface area contributed by atoms with E-state index in [1.54, 1.807) is 13.3 Å². The summed E-state index contributed by atoms with van der Waals surface area (Å²) < 4.78 is 7.02. The molecule has 132 valence electrons. The minimum Gasteiger partial charge on any atom is -0.383 e. The minimum atomic E-state index is -0.0913. The number of nitrogens with zero attached hydrogens (tertiary/aromatic N) is 3. The van der Waals surface area contributed by atoms with E-state index in [1.807, 2.05) is 18.5 Å². The second-order valence-corrected chi connectivity index (χ2v) is 7.86. The Morgan fingerprint density at radius 2 is 2.08 bits per heavy atom. The van der Waals surface area contributed by atoms with Crippen LogP contribution in [0.3, 0.4) is 0 Å². The van der Waals surface area contributed by atoms with Gasteiger partial charge in [0, 0.05) is 30.3 Å². The van der Waals surface area contributed by atoms with Crippen molar-refractivity contribution in [2.45, 2.75) is 53.1 Å². The highest BCUT2D eigenvalue weighted by atomic mass is 32.1. The van der Waals surface area contributed by atoms with E-state index >= 15 is 0 Å². The highest BCUT2D eigenvalue weighted by Gasteiger charge is 2.20. The second-order valence-electron chi connectivity index (χ2n) is 6.83. The smallest absolute Gasteiger partial charge is 0.263 e. The van der Waals surface area contributed by atoms with E-state index in [-0.39, 0.29) is 11.3 Å². The lowest BCUT2D eigenvalue weighted by Gasteiger charge is -2.13. The number of rotatable bonds is 6. The topological polar surface area (TPSA) is 69.0 Å². The lowest BCUT2D eigenvalue weighted by atomic mass is 9.98. The van der Waals surface area contributed by atoms with Gasteiger partial charge in [0.05, 0.1) is 30.1 Å². The molecule has 2 aromatic heterocycles. The van der Waals surface area contributed by atoms with Crippen LogP contribution in [0.5, 0.6) is 0 Å². The van der Waals surface area contributed by atoms with E-state index in [2.05, 4.69) is 36.2 Å². The summed E-state index contributed by atoms with van der Waals surface area (Å²) in [5.74, 6) is -0.0913. The zero-order valence-corrected chi connectivity index (χ0v) is 16.1. The van der Waals surface area contributed by atoms with Crippen LogP contribution in [0, 0.1) is 13.8 Å². The lowest BCUT2D eigenvalue weighted by molar-refractivity contribution is 0.0954. The zero-order chi connectivity index (χ0) is 17.9. The maximum atomic E-state index is 12.4. The number of thiazole rings is 1. The van der Waals surface area contributed by atoms with Crippen LogP contribution < -0.4 is 5.32 Å². The van der Waals surface area contributed by atoms with Crippen molar-refractivity contribution in [3.05, 3.63) is 33.0 Å². The monoisotopic (exact) mass is 350 g/mol. The number of carbonyl (C=O) groups is 1. The van der Waals surface area contributed by atoms with Gasteiger partial charge in [0.25, 0.3) is 5.91 Å². The fraction of sp³-hybridized carbons (Fsp3) is 0.588. The highest BCUT2D eigenvalue weighted by molar-refractivity contribution is 7.13. The highest BCUT2D eigenvalue weighted by Crippen LogP contribution is 2.26. The molecule has 2 aromatic rings. The number of methoxy groups -OCH3 is 1. The Labute approximate surface area is 147 Å². The average molecular weight is 350 g/mol. The molecule has 24 heavy (non-hydrogen) atoms. The number of hydrogen-bond donors (Lipinski definition) is 1. The standard InChI is InChI=1S/C17H26N4O2S/c1-11-13(12(2)21(20-11)7-8-23-6)9-18-15(22)14-10-19-16(24-14)17(3,4)5/h10H,7-9H2,1-6H3,(H,18,22). The Morgan fingerprint density at radius 1 is 1.38 bits per heavy atom. The van der Waals surface area contributed by atoms with Crippen LogP contribution in [-0.4, -0.2) is 34.4 Å². The number of ether oxygens (including phenoxy) is 1. The SMILES string of the molecule is COCCn1nc(C)c(CNC(=O)c2cnc(C(C)(C)C)s2)c1C. The van der Waals surface area contributed by atoms with Crippen LogP contribution >= 0.6 is 11.3 Å². The Kier molecular flexibility index (Phi) is 5.77. The van der Waals surface area contributed by atoms with Crippen LogP contribution in [-0.2, 0) is 23.2 Å². The molecule has 0 fully saturated rings. The van der Waals surface area contributed by atoms with Crippen molar-refractivity contribution in [3.8, 4) is 0 Å². The largest absolute Gasteiger partial charge is 0.383 e. The van der Waals surface area contributed by atoms with Crippen LogP contribution in [0.15, 0.2) is 6.20 Å².